The SMILES string of the molecule is COc1cc(Cn2c(-c3ccccc3)nc3ccccc32)ccc1CN1CCCC1.O=C(O)C(=O)O.O=C(O)C(=O)O. The van der Waals surface area contributed by atoms with E-state index in [2.05, 4.69) is 70.1 Å². The van der Waals surface area contributed by atoms with Crippen LogP contribution < -0.4 is 4.74 Å². The van der Waals surface area contributed by atoms with E-state index in [0.29, 0.717) is 0 Å². The van der Waals surface area contributed by atoms with Gasteiger partial charge < -0.3 is 29.7 Å². The Morgan fingerprint density at radius 3 is 1.90 bits per heavy atom. The number of carboxylic acid groups (broad SMARTS) is 4. The largest absolute Gasteiger partial charge is 0.496 e. The third kappa shape index (κ3) is 8.63. The van der Waals surface area contributed by atoms with Gasteiger partial charge in [0.25, 0.3) is 0 Å². The number of ether oxygens (including phenoxy) is 1. The maximum atomic E-state index is 9.10. The number of hydrogen-bond acceptors (Lipinski definition) is 7. The van der Waals surface area contributed by atoms with Gasteiger partial charge in [0.15, 0.2) is 0 Å². The minimum atomic E-state index is -1.82. The van der Waals surface area contributed by atoms with E-state index >= 15 is 0 Å². The van der Waals surface area contributed by atoms with Crippen LogP contribution in [0, 0.1) is 0 Å². The molecule has 4 aromatic rings. The number of rotatable bonds is 6. The molecule has 0 atom stereocenters. The quantitative estimate of drug-likeness (QED) is 0.246. The highest BCUT2D eigenvalue weighted by Crippen LogP contribution is 2.28. The van der Waals surface area contributed by atoms with Crippen molar-refractivity contribution < 1.29 is 44.3 Å². The number of carboxylic acids is 4. The second-order valence-corrected chi connectivity index (χ2v) is 9.23. The molecule has 0 spiro atoms. The van der Waals surface area contributed by atoms with E-state index in [4.69, 9.17) is 49.3 Å². The lowest BCUT2D eigenvalue weighted by Gasteiger charge is -2.18. The molecule has 1 fully saturated rings. The number of imidazole rings is 1. The Bertz CT molecular complexity index is 1500. The van der Waals surface area contributed by atoms with Crippen LogP contribution in [0.15, 0.2) is 72.8 Å². The molecule has 0 amide bonds. The maximum Gasteiger partial charge on any atom is 0.414 e. The van der Waals surface area contributed by atoms with E-state index in [1.807, 2.05) is 12.1 Å². The maximum absolute atomic E-state index is 9.10. The predicted octanol–water partition coefficient (Wildman–Crippen LogP) is 3.67. The summed E-state index contributed by atoms with van der Waals surface area (Å²) in [5.74, 6) is -5.32. The van der Waals surface area contributed by atoms with E-state index < -0.39 is 23.9 Å². The van der Waals surface area contributed by atoms with Gasteiger partial charge in [0, 0.05) is 24.2 Å². The van der Waals surface area contributed by atoms with Gasteiger partial charge in [-0.25, -0.2) is 24.2 Å². The number of methoxy groups -OCH3 is 1. The van der Waals surface area contributed by atoms with Gasteiger partial charge in [-0.2, -0.15) is 0 Å². The first-order valence-corrected chi connectivity index (χ1v) is 12.9. The number of para-hydroxylation sites is 2. The van der Waals surface area contributed by atoms with Crippen LogP contribution in [0.3, 0.4) is 0 Å². The van der Waals surface area contributed by atoms with Crippen molar-refractivity contribution in [1.29, 1.82) is 0 Å². The van der Waals surface area contributed by atoms with Crippen molar-refractivity contribution in [2.24, 2.45) is 0 Å². The fraction of sp³-hybridized carbons (Fsp3) is 0.233. The highest BCUT2D eigenvalue weighted by molar-refractivity contribution is 6.27. The van der Waals surface area contributed by atoms with E-state index in [1.165, 1.54) is 37.1 Å². The highest BCUT2D eigenvalue weighted by Gasteiger charge is 2.16. The minimum absolute atomic E-state index is 0.755. The monoisotopic (exact) mass is 577 g/mol. The van der Waals surface area contributed by atoms with Crippen molar-refractivity contribution in [2.45, 2.75) is 25.9 Å². The lowest BCUT2D eigenvalue weighted by atomic mass is 10.1. The number of fused-ring (bicyclic) bond motifs is 1. The fourth-order valence-electron chi connectivity index (χ4n) is 4.43. The molecule has 0 aliphatic carbocycles. The molecule has 0 saturated carbocycles. The van der Waals surface area contributed by atoms with E-state index in [9.17, 15) is 0 Å². The third-order valence-corrected chi connectivity index (χ3v) is 6.34. The Morgan fingerprint density at radius 1 is 0.762 bits per heavy atom. The summed E-state index contributed by atoms with van der Waals surface area (Å²) in [6.07, 6.45) is 2.60. The number of aliphatic carboxylic acids is 4. The van der Waals surface area contributed by atoms with Gasteiger partial charge in [-0.1, -0.05) is 54.6 Å². The third-order valence-electron chi connectivity index (χ3n) is 6.34. The number of aromatic nitrogens is 2. The number of hydrogen-bond donors (Lipinski definition) is 4. The average molecular weight is 578 g/mol. The standard InChI is InChI=1S/C26H27N3O.2C2H2O4/c1-30-25-17-20(13-14-22(25)19-28-15-7-8-16-28)18-29-24-12-6-5-11-23(24)27-26(29)21-9-3-2-4-10-21;2*3-1(4)2(5)6/h2-6,9-14,17H,7-8,15-16,18-19H2,1H3;2*(H,3,4)(H,5,6). The second-order valence-electron chi connectivity index (χ2n) is 9.23. The van der Waals surface area contributed by atoms with Crippen molar-refractivity contribution in [3.05, 3.63) is 83.9 Å². The molecule has 0 radical (unpaired) electrons. The molecule has 1 aromatic heterocycles. The van der Waals surface area contributed by atoms with Crippen LogP contribution in [-0.2, 0) is 32.3 Å². The van der Waals surface area contributed by atoms with Gasteiger partial charge in [0.1, 0.15) is 11.6 Å². The zero-order chi connectivity index (χ0) is 30.6. The first-order valence-electron chi connectivity index (χ1n) is 12.9. The van der Waals surface area contributed by atoms with Gasteiger partial charge in [-0.15, -0.1) is 0 Å². The van der Waals surface area contributed by atoms with Gasteiger partial charge in [0.2, 0.25) is 0 Å². The lowest BCUT2D eigenvalue weighted by molar-refractivity contribution is -0.159. The summed E-state index contributed by atoms with van der Waals surface area (Å²) in [5, 5.41) is 29.6. The molecule has 3 aromatic carbocycles. The van der Waals surface area contributed by atoms with Crippen LogP contribution in [0.1, 0.15) is 24.0 Å². The molecule has 4 N–H and O–H groups in total. The van der Waals surface area contributed by atoms with E-state index in [1.54, 1.807) is 7.11 Å². The predicted molar refractivity (Wildman–Crippen MR) is 152 cm³/mol. The average Bonchev–Trinajstić information content (AvgIpc) is 3.63. The molecule has 2 heterocycles. The van der Waals surface area contributed by atoms with Crippen molar-refractivity contribution >= 4 is 34.9 Å². The van der Waals surface area contributed by atoms with Crippen LogP contribution >= 0.6 is 0 Å². The zero-order valence-electron chi connectivity index (χ0n) is 22.8. The second kappa shape index (κ2) is 15.0. The van der Waals surface area contributed by atoms with Crippen LogP contribution in [0.25, 0.3) is 22.4 Å². The number of benzene rings is 3. The Labute approximate surface area is 241 Å². The molecule has 1 aliphatic heterocycles. The first kappa shape index (κ1) is 31.3. The molecule has 1 saturated heterocycles. The summed E-state index contributed by atoms with van der Waals surface area (Å²) in [6, 6.07) is 25.4. The Morgan fingerprint density at radius 2 is 1.33 bits per heavy atom. The molecule has 220 valence electrons. The molecule has 12 nitrogen and oxygen atoms in total. The summed E-state index contributed by atoms with van der Waals surface area (Å²) in [4.78, 5) is 43.8. The molecule has 42 heavy (non-hydrogen) atoms. The van der Waals surface area contributed by atoms with E-state index in [-0.39, 0.29) is 0 Å². The summed E-state index contributed by atoms with van der Waals surface area (Å²) in [5.41, 5.74) is 5.79. The number of likely N-dealkylation sites (tertiary alicyclic amines) is 1. The summed E-state index contributed by atoms with van der Waals surface area (Å²) < 4.78 is 8.07. The fourth-order valence-corrected chi connectivity index (χ4v) is 4.43. The Hall–Kier alpha value is -5.23. The summed E-state index contributed by atoms with van der Waals surface area (Å²) >= 11 is 0. The van der Waals surface area contributed by atoms with Crippen molar-refractivity contribution in [1.82, 2.24) is 14.5 Å². The molecule has 0 unspecified atom stereocenters. The first-order chi connectivity index (χ1) is 20.1. The molecule has 5 rings (SSSR count). The Kier molecular flexibility index (Phi) is 11.1. The molecule has 12 heteroatoms. The van der Waals surface area contributed by atoms with Crippen molar-refractivity contribution in [3.8, 4) is 17.1 Å². The number of carbonyl (C=O) groups is 4. The van der Waals surface area contributed by atoms with Gasteiger partial charge >= 0.3 is 23.9 Å². The molecular formula is C30H31N3O9. The van der Waals surface area contributed by atoms with Crippen LogP contribution in [0.5, 0.6) is 5.75 Å². The number of nitrogens with zero attached hydrogens (tertiary/aromatic N) is 3. The zero-order valence-corrected chi connectivity index (χ0v) is 22.8. The van der Waals surface area contributed by atoms with Crippen LogP contribution in [0.2, 0.25) is 0 Å². The van der Waals surface area contributed by atoms with Gasteiger partial charge in [-0.05, 0) is 49.7 Å². The lowest BCUT2D eigenvalue weighted by Crippen LogP contribution is -2.18. The summed E-state index contributed by atoms with van der Waals surface area (Å²) in [6.45, 7) is 4.09. The smallest absolute Gasteiger partial charge is 0.414 e. The highest BCUT2D eigenvalue weighted by atomic mass is 16.5. The van der Waals surface area contributed by atoms with Crippen molar-refractivity contribution in [2.75, 3.05) is 20.2 Å². The van der Waals surface area contributed by atoms with Crippen molar-refractivity contribution in [3.63, 3.8) is 0 Å². The topological polar surface area (TPSA) is 179 Å². The van der Waals surface area contributed by atoms with Crippen LogP contribution in [-0.4, -0.2) is 79.0 Å². The minimum Gasteiger partial charge on any atom is -0.496 e. The van der Waals surface area contributed by atoms with E-state index in [0.717, 1.165) is 41.3 Å². The summed E-state index contributed by atoms with van der Waals surface area (Å²) in [7, 11) is 1.77. The Balaban J connectivity index is 0.000000342. The van der Waals surface area contributed by atoms with Gasteiger partial charge in [-0.3, -0.25) is 4.90 Å². The molecule has 1 aliphatic rings. The van der Waals surface area contributed by atoms with Crippen LogP contribution in [0.4, 0.5) is 0 Å². The normalized spacial score (nSPS) is 12.4. The molecule has 0 bridgehead atoms. The molecular weight excluding hydrogens is 546 g/mol. The van der Waals surface area contributed by atoms with Gasteiger partial charge in [0.05, 0.1) is 18.1 Å².